The summed E-state index contributed by atoms with van der Waals surface area (Å²) in [4.78, 5) is 26.6. The van der Waals surface area contributed by atoms with Gasteiger partial charge in [0.1, 0.15) is 0 Å². The first-order valence-electron chi connectivity index (χ1n) is 11.2. The predicted octanol–water partition coefficient (Wildman–Crippen LogP) is 4.23. The summed E-state index contributed by atoms with van der Waals surface area (Å²) in [5, 5.41) is 1.03. The smallest absolute Gasteiger partial charge is 0.337 e. The van der Waals surface area contributed by atoms with Crippen LogP contribution in [0.15, 0.2) is 48.7 Å². The number of unbranched alkanes of at least 4 members (excludes halogenated alkanes) is 1. The van der Waals surface area contributed by atoms with Crippen molar-refractivity contribution in [3.05, 3.63) is 70.9 Å². The second-order valence-electron chi connectivity index (χ2n) is 8.26. The molecule has 6 heteroatoms. The number of aromatic nitrogens is 1. The highest BCUT2D eigenvalue weighted by Gasteiger charge is 2.23. The van der Waals surface area contributed by atoms with Crippen molar-refractivity contribution in [2.24, 2.45) is 0 Å². The van der Waals surface area contributed by atoms with Crippen molar-refractivity contribution < 1.29 is 19.1 Å². The summed E-state index contributed by atoms with van der Waals surface area (Å²) in [6.07, 6.45) is 5.00. The van der Waals surface area contributed by atoms with Crippen LogP contribution in [-0.2, 0) is 22.4 Å². The van der Waals surface area contributed by atoms with E-state index in [4.69, 9.17) is 9.47 Å². The topological polar surface area (TPSA) is 60.8 Å². The maximum Gasteiger partial charge on any atom is 0.337 e. The van der Waals surface area contributed by atoms with Crippen molar-refractivity contribution >= 4 is 22.8 Å². The van der Waals surface area contributed by atoms with Crippen molar-refractivity contribution in [2.75, 3.05) is 33.4 Å². The molecule has 1 saturated heterocycles. The molecule has 0 aliphatic carbocycles. The molecule has 2 aromatic carbocycles. The lowest BCUT2D eigenvalue weighted by Crippen LogP contribution is -2.40. The van der Waals surface area contributed by atoms with E-state index in [1.54, 1.807) is 0 Å². The van der Waals surface area contributed by atoms with E-state index in [0.717, 1.165) is 42.3 Å². The number of esters is 1. The van der Waals surface area contributed by atoms with E-state index >= 15 is 0 Å². The summed E-state index contributed by atoms with van der Waals surface area (Å²) < 4.78 is 12.4. The highest BCUT2D eigenvalue weighted by molar-refractivity contribution is 6.07. The maximum absolute atomic E-state index is 13.2. The zero-order valence-electron chi connectivity index (χ0n) is 18.8. The normalized spacial score (nSPS) is 14.0. The van der Waals surface area contributed by atoms with Gasteiger partial charge in [-0.3, -0.25) is 4.79 Å². The van der Waals surface area contributed by atoms with E-state index in [1.165, 1.54) is 18.2 Å². The second kappa shape index (κ2) is 10.0. The van der Waals surface area contributed by atoms with Crippen LogP contribution in [0.2, 0.25) is 0 Å². The number of ether oxygens (including phenoxy) is 2. The molecule has 0 unspecified atom stereocenters. The summed E-state index contributed by atoms with van der Waals surface area (Å²) in [7, 11) is 1.39. The van der Waals surface area contributed by atoms with Gasteiger partial charge in [0.25, 0.3) is 5.91 Å². The van der Waals surface area contributed by atoms with Gasteiger partial charge < -0.3 is 18.9 Å². The second-order valence-corrected chi connectivity index (χ2v) is 8.26. The number of nitrogens with zero attached hydrogens (tertiary/aromatic N) is 2. The van der Waals surface area contributed by atoms with Gasteiger partial charge in [0, 0.05) is 31.2 Å². The van der Waals surface area contributed by atoms with Crippen LogP contribution in [-0.4, -0.2) is 54.8 Å². The van der Waals surface area contributed by atoms with Crippen LogP contribution in [0, 0.1) is 6.92 Å². The third-order valence-corrected chi connectivity index (χ3v) is 6.12. The van der Waals surface area contributed by atoms with Crippen molar-refractivity contribution in [3.63, 3.8) is 0 Å². The molecule has 1 aliphatic rings. The predicted molar refractivity (Wildman–Crippen MR) is 124 cm³/mol. The molecular formula is C26H30N2O4. The number of rotatable bonds is 7. The number of benzene rings is 2. The zero-order chi connectivity index (χ0) is 22.5. The number of methoxy groups -OCH3 is 1. The fourth-order valence-corrected chi connectivity index (χ4v) is 4.37. The Morgan fingerprint density at radius 3 is 2.50 bits per heavy atom. The third-order valence-electron chi connectivity index (χ3n) is 6.12. The molecule has 32 heavy (non-hydrogen) atoms. The van der Waals surface area contributed by atoms with Crippen molar-refractivity contribution in [1.29, 1.82) is 0 Å². The quantitative estimate of drug-likeness (QED) is 0.412. The molecule has 3 aromatic rings. The van der Waals surface area contributed by atoms with Gasteiger partial charge >= 0.3 is 5.97 Å². The zero-order valence-corrected chi connectivity index (χ0v) is 18.8. The van der Waals surface area contributed by atoms with Crippen LogP contribution < -0.4 is 0 Å². The lowest BCUT2D eigenvalue weighted by Gasteiger charge is -2.26. The first-order valence-corrected chi connectivity index (χ1v) is 11.2. The highest BCUT2D eigenvalue weighted by Crippen LogP contribution is 2.26. The number of amides is 1. The Kier molecular flexibility index (Phi) is 6.90. The lowest BCUT2D eigenvalue weighted by molar-refractivity contribution is 0.0304. The number of para-hydroxylation sites is 1. The Morgan fingerprint density at radius 1 is 1.03 bits per heavy atom. The molecular weight excluding hydrogens is 404 g/mol. The third kappa shape index (κ3) is 4.70. The van der Waals surface area contributed by atoms with Gasteiger partial charge in [-0.15, -0.1) is 0 Å². The number of carbonyl (C=O) groups is 2. The van der Waals surface area contributed by atoms with Gasteiger partial charge in [-0.2, -0.15) is 0 Å². The Hall–Kier alpha value is -3.12. The summed E-state index contributed by atoms with van der Waals surface area (Å²) in [6, 6.07) is 13.8. The molecule has 0 atom stereocenters. The molecule has 0 radical (unpaired) electrons. The molecule has 1 aliphatic heterocycles. The Bertz CT molecular complexity index is 1090. The lowest BCUT2D eigenvalue weighted by atomic mass is 10.1. The van der Waals surface area contributed by atoms with Gasteiger partial charge in [-0.1, -0.05) is 30.3 Å². The van der Waals surface area contributed by atoms with Crippen LogP contribution in [0.4, 0.5) is 0 Å². The van der Waals surface area contributed by atoms with Crippen molar-refractivity contribution in [2.45, 2.75) is 32.7 Å². The Labute approximate surface area is 188 Å². The number of hydrogen-bond acceptors (Lipinski definition) is 4. The van der Waals surface area contributed by atoms with Crippen LogP contribution in [0.25, 0.3) is 10.9 Å². The summed E-state index contributed by atoms with van der Waals surface area (Å²) in [5.74, 6) is -0.220. The molecule has 0 spiro atoms. The minimum absolute atomic E-state index is 0.0911. The first-order chi connectivity index (χ1) is 15.6. The van der Waals surface area contributed by atoms with E-state index in [2.05, 4.69) is 23.6 Å². The van der Waals surface area contributed by atoms with Gasteiger partial charge in [0.15, 0.2) is 0 Å². The molecule has 168 valence electrons. The van der Waals surface area contributed by atoms with E-state index in [1.807, 2.05) is 41.4 Å². The largest absolute Gasteiger partial charge is 0.465 e. The van der Waals surface area contributed by atoms with E-state index < -0.39 is 0 Å². The Balaban J connectivity index is 1.44. The Morgan fingerprint density at radius 2 is 1.78 bits per heavy atom. The van der Waals surface area contributed by atoms with E-state index in [9.17, 15) is 9.59 Å². The number of fused-ring (bicyclic) bond motifs is 1. The van der Waals surface area contributed by atoms with Crippen LogP contribution in [0.5, 0.6) is 0 Å². The fourth-order valence-electron chi connectivity index (χ4n) is 4.37. The van der Waals surface area contributed by atoms with Crippen LogP contribution in [0.1, 0.15) is 44.7 Å². The minimum atomic E-state index is -0.311. The monoisotopic (exact) mass is 434 g/mol. The summed E-state index contributed by atoms with van der Waals surface area (Å²) >= 11 is 0. The number of carbonyl (C=O) groups excluding carboxylic acids is 2. The molecule has 2 heterocycles. The molecule has 0 saturated carbocycles. The van der Waals surface area contributed by atoms with E-state index in [0.29, 0.717) is 31.9 Å². The number of morpholine rings is 1. The minimum Gasteiger partial charge on any atom is -0.465 e. The molecule has 0 bridgehead atoms. The van der Waals surface area contributed by atoms with Gasteiger partial charge in [0.2, 0.25) is 0 Å². The summed E-state index contributed by atoms with van der Waals surface area (Å²) in [5.41, 5.74) is 4.88. The molecule has 4 rings (SSSR count). The summed E-state index contributed by atoms with van der Waals surface area (Å²) in [6.45, 7) is 5.45. The average Bonchev–Trinajstić information content (AvgIpc) is 3.21. The molecule has 1 aromatic heterocycles. The van der Waals surface area contributed by atoms with Crippen molar-refractivity contribution in [1.82, 2.24) is 9.47 Å². The highest BCUT2D eigenvalue weighted by atomic mass is 16.5. The molecule has 0 N–H and O–H groups in total. The van der Waals surface area contributed by atoms with Crippen LogP contribution in [0.3, 0.4) is 0 Å². The van der Waals surface area contributed by atoms with Gasteiger partial charge in [-0.05, 0) is 49.4 Å². The molecule has 1 fully saturated rings. The van der Waals surface area contributed by atoms with Gasteiger partial charge in [-0.25, -0.2) is 4.79 Å². The number of hydrogen-bond donors (Lipinski definition) is 0. The average molecular weight is 435 g/mol. The van der Waals surface area contributed by atoms with Crippen molar-refractivity contribution in [3.8, 4) is 0 Å². The fraction of sp³-hybridized carbons (Fsp3) is 0.385. The first kappa shape index (κ1) is 22.1. The SMILES string of the molecule is COC(=O)c1ccc(CCCCn2cc(C(=O)N3CCOCC3)c3cccc(C)c32)cc1. The van der Waals surface area contributed by atoms with Gasteiger partial charge in [0.05, 0.1) is 37.0 Å². The maximum atomic E-state index is 13.2. The molecule has 1 amide bonds. The standard InChI is InChI=1S/C26H30N2O4/c1-19-6-5-8-22-23(25(29)27-14-16-32-17-15-27)18-28(24(19)22)13-4-3-7-20-9-11-21(12-10-20)26(30)31-2/h5-6,8-12,18H,3-4,7,13-17H2,1-2H3. The van der Waals surface area contributed by atoms with Crippen LogP contribution >= 0.6 is 0 Å². The molecule has 6 nitrogen and oxygen atoms in total. The number of aryl methyl sites for hydroxylation is 3. The van der Waals surface area contributed by atoms with E-state index in [-0.39, 0.29) is 11.9 Å².